The largest absolute Gasteiger partial charge is 0.354 e. The van der Waals surface area contributed by atoms with E-state index in [0.717, 1.165) is 44.6 Å². The van der Waals surface area contributed by atoms with E-state index in [1.807, 2.05) is 30.3 Å². The van der Waals surface area contributed by atoms with Crippen LogP contribution in [0, 0.1) is 5.92 Å². The third-order valence-corrected chi connectivity index (χ3v) is 5.13. The molecule has 3 rings (SSSR count). The minimum atomic E-state index is -1.70. The van der Waals surface area contributed by atoms with Crippen LogP contribution in [0.25, 0.3) is 11.4 Å². The lowest BCUT2D eigenvalue weighted by Gasteiger charge is -2.31. The van der Waals surface area contributed by atoms with Crippen LogP contribution in [0.4, 0.5) is 5.95 Å². The average molecular weight is 415 g/mol. The summed E-state index contributed by atoms with van der Waals surface area (Å²) in [6.45, 7) is 6.38. The second-order valence-corrected chi connectivity index (χ2v) is 8.71. The zero-order valence-electron chi connectivity index (χ0n) is 14.6. The summed E-state index contributed by atoms with van der Waals surface area (Å²) in [4.78, 5) is 15.6. The van der Waals surface area contributed by atoms with Crippen LogP contribution in [0.1, 0.15) is 25.6 Å². The van der Waals surface area contributed by atoms with Crippen molar-refractivity contribution in [2.24, 2.45) is 5.92 Å². The van der Waals surface area contributed by atoms with Gasteiger partial charge in [0.1, 0.15) is 0 Å². The minimum Gasteiger partial charge on any atom is -0.354 e. The fourth-order valence-corrected chi connectivity index (χ4v) is 3.29. The van der Waals surface area contributed by atoms with Crippen molar-refractivity contribution in [1.82, 2.24) is 19.9 Å². The molecule has 0 radical (unpaired) electrons. The maximum Gasteiger partial charge on any atom is 0.250 e. The Bertz CT molecular complexity index is 713. The van der Waals surface area contributed by atoms with Gasteiger partial charge in [0.05, 0.1) is 0 Å². The molecule has 0 amide bonds. The van der Waals surface area contributed by atoms with Crippen molar-refractivity contribution in [2.45, 2.75) is 23.6 Å². The first kappa shape index (κ1) is 19.6. The summed E-state index contributed by atoms with van der Waals surface area (Å²) in [6, 6.07) is 9.61. The van der Waals surface area contributed by atoms with Gasteiger partial charge in [-0.1, -0.05) is 72.1 Å². The zero-order chi connectivity index (χ0) is 18.6. The Morgan fingerprint density at radius 3 is 2.38 bits per heavy atom. The predicted molar refractivity (Wildman–Crippen MR) is 108 cm³/mol. The molecule has 1 aromatic heterocycles. The molecule has 140 valence electrons. The summed E-state index contributed by atoms with van der Waals surface area (Å²) in [5.41, 5.74) is 0.852. The Labute approximate surface area is 169 Å². The van der Waals surface area contributed by atoms with E-state index in [1.165, 1.54) is 0 Å². The number of alkyl halides is 3. The van der Waals surface area contributed by atoms with Crippen LogP contribution in [0.15, 0.2) is 30.3 Å². The molecule has 0 aliphatic carbocycles. The number of nitrogens with zero attached hydrogens (tertiary/aromatic N) is 4. The van der Waals surface area contributed by atoms with Gasteiger partial charge in [-0.05, 0) is 38.4 Å². The Morgan fingerprint density at radius 1 is 1.08 bits per heavy atom. The van der Waals surface area contributed by atoms with Crippen molar-refractivity contribution in [3.05, 3.63) is 36.2 Å². The van der Waals surface area contributed by atoms with Gasteiger partial charge in [0.25, 0.3) is 0 Å². The molecule has 2 heterocycles. The molecule has 0 bridgehead atoms. The number of likely N-dealkylation sites (tertiary alicyclic amines) is 1. The fourth-order valence-electron chi connectivity index (χ4n) is 3.04. The van der Waals surface area contributed by atoms with E-state index in [9.17, 15) is 0 Å². The summed E-state index contributed by atoms with van der Waals surface area (Å²) >= 11 is 18.0. The van der Waals surface area contributed by atoms with Gasteiger partial charge in [-0.15, -0.1) is 0 Å². The topological polar surface area (TPSA) is 53.9 Å². The van der Waals surface area contributed by atoms with Crippen LogP contribution in [0.3, 0.4) is 0 Å². The van der Waals surface area contributed by atoms with Crippen molar-refractivity contribution in [3.63, 3.8) is 0 Å². The molecule has 5 nitrogen and oxygen atoms in total. The number of anilines is 1. The predicted octanol–water partition coefficient (Wildman–Crippen LogP) is 4.51. The Morgan fingerprint density at radius 2 is 1.77 bits per heavy atom. The van der Waals surface area contributed by atoms with Gasteiger partial charge in [-0.25, -0.2) is 4.98 Å². The molecule has 8 heteroatoms. The first-order chi connectivity index (χ1) is 12.5. The molecular formula is C18H22Cl3N5. The standard InChI is InChI=1S/C18H22Cl3N5/c1-2-26-10-8-13(9-11-26)12-22-17-24-15(14-6-4-3-5-7-14)23-16(25-17)18(19,20)21/h3-7,13H,2,8-12H2,1H3,(H,22,23,24,25). The summed E-state index contributed by atoms with van der Waals surface area (Å²) < 4.78 is -1.70. The van der Waals surface area contributed by atoms with E-state index in [2.05, 4.69) is 32.1 Å². The minimum absolute atomic E-state index is 0.125. The third-order valence-electron chi connectivity index (χ3n) is 4.62. The molecule has 1 aliphatic rings. The Hall–Kier alpha value is -1.14. The van der Waals surface area contributed by atoms with Crippen LogP contribution >= 0.6 is 34.8 Å². The molecule has 1 saturated heterocycles. The highest BCUT2D eigenvalue weighted by molar-refractivity contribution is 6.66. The summed E-state index contributed by atoms with van der Waals surface area (Å²) in [5, 5.41) is 3.31. The number of benzene rings is 1. The number of rotatable bonds is 5. The Balaban J connectivity index is 1.76. The second-order valence-electron chi connectivity index (χ2n) is 6.43. The first-order valence-electron chi connectivity index (χ1n) is 8.80. The summed E-state index contributed by atoms with van der Waals surface area (Å²) in [5.74, 6) is 1.65. The molecule has 1 aliphatic heterocycles. The highest BCUT2D eigenvalue weighted by Crippen LogP contribution is 2.36. The van der Waals surface area contributed by atoms with E-state index in [-0.39, 0.29) is 5.82 Å². The molecule has 26 heavy (non-hydrogen) atoms. The maximum absolute atomic E-state index is 6.02. The smallest absolute Gasteiger partial charge is 0.250 e. The van der Waals surface area contributed by atoms with E-state index >= 15 is 0 Å². The van der Waals surface area contributed by atoms with Crippen molar-refractivity contribution in [2.75, 3.05) is 31.5 Å². The molecule has 1 aromatic carbocycles. The molecule has 1 fully saturated rings. The van der Waals surface area contributed by atoms with E-state index < -0.39 is 3.79 Å². The van der Waals surface area contributed by atoms with Gasteiger partial charge in [-0.3, -0.25) is 0 Å². The van der Waals surface area contributed by atoms with Gasteiger partial charge in [0, 0.05) is 12.1 Å². The van der Waals surface area contributed by atoms with Gasteiger partial charge in [-0.2, -0.15) is 9.97 Å². The number of hydrogen-bond donors (Lipinski definition) is 1. The van der Waals surface area contributed by atoms with Crippen molar-refractivity contribution >= 4 is 40.8 Å². The molecule has 0 saturated carbocycles. The van der Waals surface area contributed by atoms with Gasteiger partial charge in [0.15, 0.2) is 11.6 Å². The SMILES string of the molecule is CCN1CCC(CNc2nc(-c3ccccc3)nc(C(Cl)(Cl)Cl)n2)CC1. The van der Waals surface area contributed by atoms with Crippen LogP contribution in [-0.2, 0) is 3.79 Å². The van der Waals surface area contributed by atoms with E-state index in [1.54, 1.807) is 0 Å². The monoisotopic (exact) mass is 413 g/mol. The molecule has 0 unspecified atom stereocenters. The van der Waals surface area contributed by atoms with E-state index in [0.29, 0.717) is 17.7 Å². The third kappa shape index (κ3) is 5.19. The number of nitrogens with one attached hydrogen (secondary N) is 1. The molecule has 1 N–H and O–H groups in total. The summed E-state index contributed by atoms with van der Waals surface area (Å²) in [6.07, 6.45) is 2.32. The van der Waals surface area contributed by atoms with Crippen LogP contribution < -0.4 is 5.32 Å². The van der Waals surface area contributed by atoms with E-state index in [4.69, 9.17) is 34.8 Å². The lowest BCUT2D eigenvalue weighted by molar-refractivity contribution is 0.198. The molecule has 0 atom stereocenters. The number of hydrogen-bond acceptors (Lipinski definition) is 5. The molecule has 0 spiro atoms. The lowest BCUT2D eigenvalue weighted by atomic mass is 9.97. The average Bonchev–Trinajstić information content (AvgIpc) is 2.66. The lowest BCUT2D eigenvalue weighted by Crippen LogP contribution is -2.35. The zero-order valence-corrected chi connectivity index (χ0v) is 16.9. The Kier molecular flexibility index (Phi) is 6.56. The van der Waals surface area contributed by atoms with Crippen molar-refractivity contribution in [1.29, 1.82) is 0 Å². The molecular weight excluding hydrogens is 393 g/mol. The number of piperidine rings is 1. The van der Waals surface area contributed by atoms with Gasteiger partial charge >= 0.3 is 0 Å². The van der Waals surface area contributed by atoms with Gasteiger partial charge in [0.2, 0.25) is 9.74 Å². The number of halogens is 3. The van der Waals surface area contributed by atoms with Crippen LogP contribution in [0.2, 0.25) is 0 Å². The normalized spacial score (nSPS) is 16.6. The highest BCUT2D eigenvalue weighted by atomic mass is 35.6. The molecule has 2 aromatic rings. The van der Waals surface area contributed by atoms with Crippen molar-refractivity contribution < 1.29 is 0 Å². The first-order valence-corrected chi connectivity index (χ1v) is 9.94. The van der Waals surface area contributed by atoms with Gasteiger partial charge < -0.3 is 10.2 Å². The summed E-state index contributed by atoms with van der Waals surface area (Å²) in [7, 11) is 0. The quantitative estimate of drug-likeness (QED) is 0.730. The van der Waals surface area contributed by atoms with Crippen LogP contribution in [-0.4, -0.2) is 46.0 Å². The second kappa shape index (κ2) is 8.70. The van der Waals surface area contributed by atoms with Crippen LogP contribution in [0.5, 0.6) is 0 Å². The highest BCUT2D eigenvalue weighted by Gasteiger charge is 2.28. The van der Waals surface area contributed by atoms with Crippen molar-refractivity contribution in [3.8, 4) is 11.4 Å². The maximum atomic E-state index is 6.02. The number of aromatic nitrogens is 3. The fraction of sp³-hybridized carbons (Fsp3) is 0.500.